The summed E-state index contributed by atoms with van der Waals surface area (Å²) in [6.45, 7) is 0. The third-order valence-corrected chi connectivity index (χ3v) is 6.86. The molecule has 0 heterocycles. The van der Waals surface area contributed by atoms with Crippen molar-refractivity contribution in [3.8, 4) is 0 Å². The normalized spacial score (nSPS) is 42.7. The molecule has 0 bridgehead atoms. The van der Waals surface area contributed by atoms with E-state index in [1.165, 1.54) is 0 Å². The minimum absolute atomic E-state index is 3.08. The van der Waals surface area contributed by atoms with Gasteiger partial charge in [0.25, 0.3) is 0 Å². The highest BCUT2D eigenvalue weighted by Crippen LogP contribution is 2.73. The Morgan fingerprint density at radius 1 is 0.486 bits per heavy atom. The Morgan fingerprint density at radius 3 is 0.914 bits per heavy atom. The lowest BCUT2D eigenvalue weighted by molar-refractivity contribution is -0.374. The summed E-state index contributed by atoms with van der Waals surface area (Å²) < 4.78 is 225. The fourth-order valence-electron chi connectivity index (χ4n) is 3.44. The van der Waals surface area contributed by atoms with Crippen LogP contribution in [0.1, 0.15) is 12.8 Å². The van der Waals surface area contributed by atoms with Crippen LogP contribution < -0.4 is 0 Å². The van der Waals surface area contributed by atoms with Crippen molar-refractivity contribution in [3.63, 3.8) is 0 Å². The molecular weight excluding hydrogens is 568 g/mol. The maximum absolute atomic E-state index is 14.8. The predicted molar refractivity (Wildman–Crippen MR) is 77.1 cm³/mol. The molecule has 35 heavy (non-hydrogen) atoms. The van der Waals surface area contributed by atoms with E-state index in [1.54, 1.807) is 0 Å². The van der Waals surface area contributed by atoms with Crippen LogP contribution in [0.2, 0.25) is 0 Å². The number of rotatable bonds is 4. The lowest BCUT2D eigenvalue weighted by Gasteiger charge is -2.54. The van der Waals surface area contributed by atoms with Crippen LogP contribution in [-0.2, 0) is 9.59 Å². The van der Waals surface area contributed by atoms with Gasteiger partial charge >= 0.3 is 58.8 Å². The standard InChI is InChI=1S/C14H6F16O4S/c15-5(16)1-7(19,11(23,24)13(27,28)9(5,21)3(31)32)35-8(20)2-6(17,18)10(22,4(33)34)14(29,30)12(8,25)26/h1-2H2,(H,31,32)(H,33,34). The van der Waals surface area contributed by atoms with Gasteiger partial charge in [-0.05, 0) is 0 Å². The van der Waals surface area contributed by atoms with Crippen LogP contribution in [0.5, 0.6) is 0 Å². The summed E-state index contributed by atoms with van der Waals surface area (Å²) in [5, 5.41) is 3.67. The van der Waals surface area contributed by atoms with E-state index >= 15 is 0 Å². The maximum atomic E-state index is 14.8. The van der Waals surface area contributed by atoms with E-state index in [0.29, 0.717) is 0 Å². The Morgan fingerprint density at radius 2 is 0.714 bits per heavy atom. The highest BCUT2D eigenvalue weighted by molar-refractivity contribution is 8.01. The molecule has 4 nitrogen and oxygen atoms in total. The van der Waals surface area contributed by atoms with Crippen LogP contribution in [-0.4, -0.2) is 79.0 Å². The van der Waals surface area contributed by atoms with E-state index in [1.807, 2.05) is 0 Å². The van der Waals surface area contributed by atoms with Crippen molar-refractivity contribution in [2.45, 2.75) is 69.7 Å². The molecule has 2 rings (SSSR count). The summed E-state index contributed by atoms with van der Waals surface area (Å²) >= 11 is -3.08. The highest BCUT2D eigenvalue weighted by Gasteiger charge is 2.97. The second-order valence-electron chi connectivity index (χ2n) is 7.55. The molecular formula is C14H6F16O4S. The fourth-order valence-corrected chi connectivity index (χ4v) is 4.97. The van der Waals surface area contributed by atoms with Gasteiger partial charge in [-0.15, -0.1) is 0 Å². The summed E-state index contributed by atoms with van der Waals surface area (Å²) in [5.74, 6) is -50.9. The first-order valence-corrected chi connectivity index (χ1v) is 9.02. The average molecular weight is 574 g/mol. The zero-order valence-electron chi connectivity index (χ0n) is 15.6. The SMILES string of the molecule is O=C(O)C1(F)C(F)(F)CC(F)(SC2(F)CC(F)(F)C(F)(C(=O)O)C(F)(F)C2(F)F)C(F)(F)C1(F)F. The van der Waals surface area contributed by atoms with E-state index < -0.39 is 93.4 Å². The number of carboxylic acids is 2. The highest BCUT2D eigenvalue weighted by atomic mass is 32.2. The van der Waals surface area contributed by atoms with Crippen molar-refractivity contribution in [3.05, 3.63) is 0 Å². The first-order valence-electron chi connectivity index (χ1n) is 8.20. The summed E-state index contributed by atoms with van der Waals surface area (Å²) in [6.07, 6.45) is -7.98. The lowest BCUT2D eigenvalue weighted by Crippen LogP contribution is -2.80. The molecule has 0 aromatic rings. The number of carbonyl (C=O) groups is 2. The summed E-state index contributed by atoms with van der Waals surface area (Å²) in [5.41, 5.74) is -13.4. The van der Waals surface area contributed by atoms with Gasteiger partial charge in [0.05, 0.1) is 12.8 Å². The smallest absolute Gasteiger partial charge is 0.364 e. The second-order valence-corrected chi connectivity index (χ2v) is 9.04. The molecule has 0 aromatic carbocycles. The molecule has 0 aromatic heterocycles. The number of hydrogen-bond acceptors (Lipinski definition) is 3. The number of thioether (sulfide) groups is 1. The molecule has 204 valence electrons. The summed E-state index contributed by atoms with van der Waals surface area (Å²) in [4.78, 5) is 21.2. The van der Waals surface area contributed by atoms with Gasteiger partial charge in [0.1, 0.15) is 0 Å². The van der Waals surface area contributed by atoms with Gasteiger partial charge in [-0.25, -0.2) is 44.7 Å². The maximum Gasteiger partial charge on any atom is 0.364 e. The number of carboxylic acid groups (broad SMARTS) is 2. The van der Waals surface area contributed by atoms with Crippen LogP contribution in [0.4, 0.5) is 70.2 Å². The number of aliphatic carboxylic acids is 2. The Balaban J connectivity index is 2.78. The van der Waals surface area contributed by atoms with Crippen LogP contribution in [0.15, 0.2) is 0 Å². The van der Waals surface area contributed by atoms with Crippen molar-refractivity contribution in [2.75, 3.05) is 0 Å². The van der Waals surface area contributed by atoms with Gasteiger partial charge in [0.2, 0.25) is 10.0 Å². The zero-order chi connectivity index (χ0) is 28.3. The monoisotopic (exact) mass is 574 g/mol. The Kier molecular flexibility index (Phi) is 5.82. The van der Waals surface area contributed by atoms with Gasteiger partial charge in [-0.1, -0.05) is 11.8 Å². The van der Waals surface area contributed by atoms with Gasteiger partial charge in [-0.2, -0.15) is 35.1 Å². The molecule has 2 saturated carbocycles. The molecule has 0 spiro atoms. The molecule has 21 heteroatoms. The minimum Gasteiger partial charge on any atom is -0.479 e. The first-order chi connectivity index (χ1) is 15.0. The topological polar surface area (TPSA) is 74.6 Å². The average Bonchev–Trinajstić information content (AvgIpc) is 2.62. The predicted octanol–water partition coefficient (Wildman–Crippen LogP) is 5.26. The van der Waals surface area contributed by atoms with Crippen molar-refractivity contribution >= 4 is 23.7 Å². The fraction of sp³-hybridized carbons (Fsp3) is 0.857. The molecule has 2 aliphatic rings. The Labute approximate surface area is 184 Å². The number of hydrogen-bond donors (Lipinski definition) is 2. The first kappa shape index (κ1) is 29.4. The van der Waals surface area contributed by atoms with Crippen LogP contribution in [0.3, 0.4) is 0 Å². The number of alkyl halides is 16. The van der Waals surface area contributed by atoms with Gasteiger partial charge in [-0.3, -0.25) is 0 Å². The second kappa shape index (κ2) is 6.93. The molecule has 2 N–H and O–H groups in total. The van der Waals surface area contributed by atoms with E-state index in [9.17, 15) is 79.8 Å². The Bertz CT molecular complexity index is 883. The van der Waals surface area contributed by atoms with Crippen LogP contribution in [0.25, 0.3) is 0 Å². The van der Waals surface area contributed by atoms with Crippen LogP contribution >= 0.6 is 11.8 Å². The van der Waals surface area contributed by atoms with E-state index in [2.05, 4.69) is 0 Å². The molecule has 4 atom stereocenters. The summed E-state index contributed by atoms with van der Waals surface area (Å²) in [7, 11) is 0. The van der Waals surface area contributed by atoms with E-state index in [4.69, 9.17) is 10.2 Å². The molecule has 0 radical (unpaired) electrons. The largest absolute Gasteiger partial charge is 0.479 e. The van der Waals surface area contributed by atoms with Gasteiger partial charge in [0.15, 0.2) is 0 Å². The van der Waals surface area contributed by atoms with Crippen molar-refractivity contribution in [1.82, 2.24) is 0 Å². The molecule has 0 saturated heterocycles. The zero-order valence-corrected chi connectivity index (χ0v) is 16.4. The molecule has 0 aliphatic heterocycles. The van der Waals surface area contributed by atoms with E-state index in [0.717, 1.165) is 0 Å². The Hall–Kier alpha value is -1.83. The molecule has 2 fully saturated rings. The van der Waals surface area contributed by atoms with Gasteiger partial charge < -0.3 is 10.2 Å². The van der Waals surface area contributed by atoms with Crippen LogP contribution in [0, 0.1) is 0 Å². The van der Waals surface area contributed by atoms with E-state index in [-0.39, 0.29) is 0 Å². The third kappa shape index (κ3) is 2.92. The van der Waals surface area contributed by atoms with Gasteiger partial charge in [0, 0.05) is 0 Å². The summed E-state index contributed by atoms with van der Waals surface area (Å²) in [6, 6.07) is 0. The molecule has 2 aliphatic carbocycles. The molecule has 0 amide bonds. The van der Waals surface area contributed by atoms with Crippen molar-refractivity contribution in [1.29, 1.82) is 0 Å². The number of halogens is 16. The lowest BCUT2D eigenvalue weighted by atomic mass is 9.75. The van der Waals surface area contributed by atoms with Crippen molar-refractivity contribution < 1.29 is 90.0 Å². The minimum atomic E-state index is -7.48. The quantitative estimate of drug-likeness (QED) is 0.449. The van der Waals surface area contributed by atoms with Crippen molar-refractivity contribution in [2.24, 2.45) is 0 Å². The molecule has 4 unspecified atom stereocenters. The third-order valence-electron chi connectivity index (χ3n) is 5.41.